The zero-order chi connectivity index (χ0) is 19.1. The second-order valence-corrected chi connectivity index (χ2v) is 7.78. The Bertz CT molecular complexity index is 1190. The van der Waals surface area contributed by atoms with E-state index in [1.165, 1.54) is 11.5 Å². The number of imidazole rings is 1. The summed E-state index contributed by atoms with van der Waals surface area (Å²) in [5.41, 5.74) is 4.30. The fourth-order valence-corrected chi connectivity index (χ4v) is 4.50. The van der Waals surface area contributed by atoms with Crippen LogP contribution >= 0.6 is 11.5 Å². The molecule has 8 heteroatoms. The standard InChI is InChI=1S/C20H18N6OS/c1-12-6-15(4-5-27-12)26-19(8-14-11-28-25-24-14)23-18-10-22-17-3-2-13(9-21)7-16(17)20(18)26/h2-3,7,10-12,15H,4-6,8H2,1H3/t12-,15-/m1/s1. The smallest absolute Gasteiger partial charge is 0.116 e. The van der Waals surface area contributed by atoms with E-state index in [1.54, 1.807) is 6.07 Å². The van der Waals surface area contributed by atoms with E-state index in [9.17, 15) is 5.26 Å². The Balaban J connectivity index is 1.77. The number of hydrogen-bond acceptors (Lipinski definition) is 7. The van der Waals surface area contributed by atoms with Crippen LogP contribution in [0.15, 0.2) is 29.8 Å². The van der Waals surface area contributed by atoms with Crippen LogP contribution in [0.4, 0.5) is 0 Å². The van der Waals surface area contributed by atoms with Crippen LogP contribution in [-0.4, -0.2) is 36.8 Å². The largest absolute Gasteiger partial charge is 0.378 e. The van der Waals surface area contributed by atoms with Crippen LogP contribution in [0.3, 0.4) is 0 Å². The maximum atomic E-state index is 9.37. The first-order valence-corrected chi connectivity index (χ1v) is 10.1. The first-order chi connectivity index (χ1) is 13.7. The van der Waals surface area contributed by atoms with Gasteiger partial charge in [-0.25, -0.2) is 4.98 Å². The molecule has 1 saturated heterocycles. The molecule has 0 radical (unpaired) electrons. The number of aromatic nitrogens is 5. The van der Waals surface area contributed by atoms with Crippen LogP contribution in [0.1, 0.15) is 42.9 Å². The van der Waals surface area contributed by atoms with E-state index in [4.69, 9.17) is 9.72 Å². The lowest BCUT2D eigenvalue weighted by molar-refractivity contribution is 0.00631. The second-order valence-electron chi connectivity index (χ2n) is 7.17. The number of nitriles is 1. The molecule has 4 aromatic rings. The molecule has 140 valence electrons. The van der Waals surface area contributed by atoms with Crippen molar-refractivity contribution in [3.63, 3.8) is 0 Å². The molecule has 0 unspecified atom stereocenters. The van der Waals surface area contributed by atoms with Gasteiger partial charge in [-0.1, -0.05) is 4.49 Å². The molecule has 28 heavy (non-hydrogen) atoms. The van der Waals surface area contributed by atoms with Gasteiger partial charge in [0.15, 0.2) is 0 Å². The lowest BCUT2D eigenvalue weighted by Gasteiger charge is -2.30. The van der Waals surface area contributed by atoms with Crippen LogP contribution in [0.2, 0.25) is 0 Å². The summed E-state index contributed by atoms with van der Waals surface area (Å²) >= 11 is 1.35. The molecule has 0 spiro atoms. The summed E-state index contributed by atoms with van der Waals surface area (Å²) in [4.78, 5) is 9.47. The Morgan fingerprint density at radius 2 is 2.29 bits per heavy atom. The molecule has 7 nitrogen and oxygen atoms in total. The highest BCUT2D eigenvalue weighted by Crippen LogP contribution is 2.34. The average Bonchev–Trinajstić information content (AvgIpc) is 3.35. The lowest BCUT2D eigenvalue weighted by atomic mass is 10.0. The molecule has 1 aromatic carbocycles. The topological polar surface area (TPSA) is 89.5 Å². The van der Waals surface area contributed by atoms with E-state index in [0.717, 1.165) is 52.9 Å². The van der Waals surface area contributed by atoms with Gasteiger partial charge >= 0.3 is 0 Å². The Morgan fingerprint density at radius 3 is 3.07 bits per heavy atom. The van der Waals surface area contributed by atoms with Crippen molar-refractivity contribution in [2.24, 2.45) is 0 Å². The Labute approximate surface area is 165 Å². The third-order valence-corrected chi connectivity index (χ3v) is 5.84. The van der Waals surface area contributed by atoms with Gasteiger partial charge in [0.25, 0.3) is 0 Å². The number of rotatable bonds is 3. The summed E-state index contributed by atoms with van der Waals surface area (Å²) in [6.45, 7) is 2.85. The van der Waals surface area contributed by atoms with E-state index >= 15 is 0 Å². The third-order valence-electron chi connectivity index (χ3n) is 5.28. The molecule has 1 fully saturated rings. The minimum absolute atomic E-state index is 0.202. The molecular formula is C20H18N6OS. The molecule has 5 rings (SSSR count). The molecule has 0 N–H and O–H groups in total. The molecule has 0 aliphatic carbocycles. The average molecular weight is 390 g/mol. The van der Waals surface area contributed by atoms with Crippen molar-refractivity contribution in [3.8, 4) is 6.07 Å². The van der Waals surface area contributed by atoms with Crippen molar-refractivity contribution < 1.29 is 4.74 Å². The zero-order valence-corrected chi connectivity index (χ0v) is 16.2. The van der Waals surface area contributed by atoms with Crippen molar-refractivity contribution in [2.75, 3.05) is 6.61 Å². The minimum atomic E-state index is 0.202. The van der Waals surface area contributed by atoms with Gasteiger partial charge in [0.05, 0.1) is 47.1 Å². The first-order valence-electron chi connectivity index (χ1n) is 9.30. The molecule has 0 bridgehead atoms. The Morgan fingerprint density at radius 1 is 1.36 bits per heavy atom. The van der Waals surface area contributed by atoms with E-state index in [2.05, 4.69) is 32.1 Å². The van der Waals surface area contributed by atoms with Crippen molar-refractivity contribution in [2.45, 2.75) is 38.3 Å². The van der Waals surface area contributed by atoms with Crippen molar-refractivity contribution in [1.82, 2.24) is 24.1 Å². The van der Waals surface area contributed by atoms with Gasteiger partial charge in [-0.15, -0.1) is 5.10 Å². The van der Waals surface area contributed by atoms with E-state index in [0.29, 0.717) is 12.0 Å². The van der Waals surface area contributed by atoms with E-state index < -0.39 is 0 Å². The van der Waals surface area contributed by atoms with Crippen LogP contribution in [0.25, 0.3) is 21.9 Å². The van der Waals surface area contributed by atoms with Crippen molar-refractivity contribution in [3.05, 3.63) is 46.9 Å². The van der Waals surface area contributed by atoms with Gasteiger partial charge in [-0.2, -0.15) is 5.26 Å². The SMILES string of the molecule is C[C@@H]1C[C@H](n2c(Cc3csnn3)nc3cnc4ccc(C#N)cc4c32)CCO1. The van der Waals surface area contributed by atoms with Crippen LogP contribution in [-0.2, 0) is 11.2 Å². The highest BCUT2D eigenvalue weighted by atomic mass is 32.1. The molecular weight excluding hydrogens is 372 g/mol. The van der Waals surface area contributed by atoms with Gasteiger partial charge in [-0.3, -0.25) is 4.98 Å². The predicted octanol–water partition coefficient (Wildman–Crippen LogP) is 3.64. The predicted molar refractivity (Wildman–Crippen MR) is 106 cm³/mol. The summed E-state index contributed by atoms with van der Waals surface area (Å²) < 4.78 is 12.1. The molecule has 0 saturated carbocycles. The molecule has 1 aliphatic heterocycles. The van der Waals surface area contributed by atoms with Crippen LogP contribution in [0, 0.1) is 11.3 Å². The highest BCUT2D eigenvalue weighted by Gasteiger charge is 2.26. The number of ether oxygens (including phenoxy) is 1. The summed E-state index contributed by atoms with van der Waals surface area (Å²) in [7, 11) is 0. The zero-order valence-electron chi connectivity index (χ0n) is 15.4. The molecule has 3 aromatic heterocycles. The lowest BCUT2D eigenvalue weighted by Crippen LogP contribution is -2.26. The highest BCUT2D eigenvalue weighted by molar-refractivity contribution is 7.03. The van der Waals surface area contributed by atoms with Crippen molar-refractivity contribution in [1.29, 1.82) is 5.26 Å². The van der Waals surface area contributed by atoms with Gasteiger partial charge < -0.3 is 9.30 Å². The normalized spacial score (nSPS) is 19.9. The van der Waals surface area contributed by atoms with Gasteiger partial charge in [-0.05, 0) is 49.5 Å². The summed E-state index contributed by atoms with van der Waals surface area (Å²) in [5.74, 6) is 0.957. The number of fused-ring (bicyclic) bond motifs is 3. The number of benzene rings is 1. The number of pyridine rings is 1. The maximum absolute atomic E-state index is 9.37. The quantitative estimate of drug-likeness (QED) is 0.530. The summed E-state index contributed by atoms with van der Waals surface area (Å²) in [6, 6.07) is 8.15. The third kappa shape index (κ3) is 2.93. The van der Waals surface area contributed by atoms with E-state index in [-0.39, 0.29) is 12.1 Å². The first kappa shape index (κ1) is 17.2. The molecule has 0 amide bonds. The maximum Gasteiger partial charge on any atom is 0.116 e. The Kier molecular flexibility index (Phi) is 4.26. The fourth-order valence-electron chi connectivity index (χ4n) is 4.04. The minimum Gasteiger partial charge on any atom is -0.378 e. The van der Waals surface area contributed by atoms with Gasteiger partial charge in [0.1, 0.15) is 11.3 Å². The Hall–Kier alpha value is -2.89. The summed E-state index contributed by atoms with van der Waals surface area (Å²) in [5, 5.41) is 16.5. The van der Waals surface area contributed by atoms with Crippen LogP contribution in [0.5, 0.6) is 0 Å². The van der Waals surface area contributed by atoms with Gasteiger partial charge in [0.2, 0.25) is 0 Å². The number of nitrogens with zero attached hydrogens (tertiary/aromatic N) is 6. The van der Waals surface area contributed by atoms with Crippen LogP contribution < -0.4 is 0 Å². The molecule has 2 atom stereocenters. The number of hydrogen-bond donors (Lipinski definition) is 0. The monoisotopic (exact) mass is 390 g/mol. The molecule has 4 heterocycles. The fraction of sp³-hybridized carbons (Fsp3) is 0.350. The second kappa shape index (κ2) is 6.93. The van der Waals surface area contributed by atoms with Crippen molar-refractivity contribution >= 4 is 33.5 Å². The molecule has 1 aliphatic rings. The van der Waals surface area contributed by atoms with Gasteiger partial charge in [0, 0.05) is 23.4 Å². The summed E-state index contributed by atoms with van der Waals surface area (Å²) in [6.07, 6.45) is 4.50. The van der Waals surface area contributed by atoms with E-state index in [1.807, 2.05) is 23.7 Å².